The van der Waals surface area contributed by atoms with Crippen molar-refractivity contribution >= 4 is 16.6 Å². The minimum atomic E-state index is -0.988. The number of hydrogen-bond donors (Lipinski definition) is 0. The molecule has 3 aromatic heterocycles. The van der Waals surface area contributed by atoms with Gasteiger partial charge < -0.3 is 9.47 Å². The molecule has 38 heavy (non-hydrogen) atoms. The summed E-state index contributed by atoms with van der Waals surface area (Å²) in [5.41, 5.74) is 4.02. The Balaban J connectivity index is 1.38. The highest BCUT2D eigenvalue weighted by Gasteiger charge is 2.29. The molecule has 1 aliphatic carbocycles. The number of anilines is 1. The molecular weight excluding hydrogens is 484 g/mol. The first-order valence-electron chi connectivity index (χ1n) is 13.3. The van der Waals surface area contributed by atoms with Gasteiger partial charge in [-0.1, -0.05) is 0 Å². The predicted molar refractivity (Wildman–Crippen MR) is 144 cm³/mol. The summed E-state index contributed by atoms with van der Waals surface area (Å²) in [6, 6.07) is 10.8. The number of piperidine rings is 1. The highest BCUT2D eigenvalue weighted by Crippen LogP contribution is 2.37. The van der Waals surface area contributed by atoms with Gasteiger partial charge in [0.1, 0.15) is 0 Å². The molecule has 2 aliphatic rings. The molecule has 1 saturated heterocycles. The molecule has 0 spiro atoms. The van der Waals surface area contributed by atoms with Crippen molar-refractivity contribution in [2.75, 3.05) is 18.0 Å². The summed E-state index contributed by atoms with van der Waals surface area (Å²) in [7, 11) is 0. The van der Waals surface area contributed by atoms with Gasteiger partial charge in [-0.05, 0) is 68.5 Å². The molecule has 1 atom stereocenters. The Labute approximate surface area is 220 Å². The topological polar surface area (TPSA) is 54.3 Å². The maximum Gasteiger partial charge on any atom is 0.193 e. The summed E-state index contributed by atoms with van der Waals surface area (Å²) in [6.45, 7) is 4.84. The van der Waals surface area contributed by atoms with Crippen LogP contribution in [0.15, 0.2) is 66.0 Å². The lowest BCUT2D eigenvalue weighted by Gasteiger charge is -2.40. The molecule has 2 fully saturated rings. The molecular formula is C30H31F2N5O. The van der Waals surface area contributed by atoms with Crippen molar-refractivity contribution in [1.82, 2.24) is 19.4 Å². The van der Waals surface area contributed by atoms with Crippen LogP contribution in [0.2, 0.25) is 0 Å². The summed E-state index contributed by atoms with van der Waals surface area (Å²) in [4.78, 5) is 27.0. The molecule has 1 saturated carbocycles. The Morgan fingerprint density at radius 3 is 2.66 bits per heavy atom. The average molecular weight is 516 g/mol. The van der Waals surface area contributed by atoms with Gasteiger partial charge in [0.25, 0.3) is 0 Å². The van der Waals surface area contributed by atoms with E-state index in [0.717, 1.165) is 61.8 Å². The highest BCUT2D eigenvalue weighted by molar-refractivity contribution is 5.80. The van der Waals surface area contributed by atoms with Crippen LogP contribution in [0.3, 0.4) is 0 Å². The minimum Gasteiger partial charge on any atom is -0.369 e. The quantitative estimate of drug-likeness (QED) is 0.331. The first-order chi connectivity index (χ1) is 18.5. The summed E-state index contributed by atoms with van der Waals surface area (Å²) < 4.78 is 30.4. The van der Waals surface area contributed by atoms with Gasteiger partial charge in [-0.25, -0.2) is 8.78 Å². The van der Waals surface area contributed by atoms with Gasteiger partial charge in [-0.3, -0.25) is 19.7 Å². The third-order valence-electron chi connectivity index (χ3n) is 7.73. The van der Waals surface area contributed by atoms with Crippen LogP contribution in [0, 0.1) is 18.6 Å². The summed E-state index contributed by atoms with van der Waals surface area (Å²) >= 11 is 0. The van der Waals surface area contributed by atoms with E-state index >= 15 is 0 Å². The van der Waals surface area contributed by atoms with E-state index in [1.165, 1.54) is 6.07 Å². The monoisotopic (exact) mass is 515 g/mol. The number of aryl methyl sites for hydroxylation is 1. The lowest BCUT2D eigenvalue weighted by Crippen LogP contribution is -2.48. The SMILES string of the molecule is Cc1cc(CN(Cc2cn(C3CC3)c3cc(F)c(F)cc3c2=O)[C@H]2CCCN(c3cccnc3)C2)ccn1. The van der Waals surface area contributed by atoms with Crippen LogP contribution >= 0.6 is 0 Å². The van der Waals surface area contributed by atoms with Crippen molar-refractivity contribution in [1.29, 1.82) is 0 Å². The van der Waals surface area contributed by atoms with Gasteiger partial charge in [-0.15, -0.1) is 0 Å². The van der Waals surface area contributed by atoms with Crippen molar-refractivity contribution < 1.29 is 8.78 Å². The van der Waals surface area contributed by atoms with Crippen LogP contribution in [0.4, 0.5) is 14.5 Å². The van der Waals surface area contributed by atoms with E-state index in [9.17, 15) is 13.6 Å². The van der Waals surface area contributed by atoms with Gasteiger partial charge in [0.2, 0.25) is 0 Å². The lowest BCUT2D eigenvalue weighted by atomic mass is 10.0. The molecule has 4 heterocycles. The number of nitrogens with zero attached hydrogens (tertiary/aromatic N) is 5. The number of hydrogen-bond acceptors (Lipinski definition) is 5. The van der Waals surface area contributed by atoms with Crippen molar-refractivity contribution in [2.24, 2.45) is 0 Å². The second-order valence-electron chi connectivity index (χ2n) is 10.6. The Morgan fingerprint density at radius 1 is 1.05 bits per heavy atom. The van der Waals surface area contributed by atoms with Gasteiger partial charge in [0.05, 0.1) is 17.4 Å². The first-order valence-corrected chi connectivity index (χ1v) is 13.3. The molecule has 0 amide bonds. The van der Waals surface area contributed by atoms with Gasteiger partial charge in [0, 0.05) is 79.6 Å². The summed E-state index contributed by atoms with van der Waals surface area (Å²) in [6.07, 6.45) is 11.3. The molecule has 0 bridgehead atoms. The predicted octanol–water partition coefficient (Wildman–Crippen LogP) is 5.38. The fourth-order valence-electron chi connectivity index (χ4n) is 5.67. The maximum absolute atomic E-state index is 14.2. The van der Waals surface area contributed by atoms with E-state index in [1.54, 1.807) is 6.20 Å². The van der Waals surface area contributed by atoms with Gasteiger partial charge in [0.15, 0.2) is 17.1 Å². The number of halogens is 2. The van der Waals surface area contributed by atoms with Crippen molar-refractivity contribution in [3.63, 3.8) is 0 Å². The van der Waals surface area contributed by atoms with Crippen LogP contribution in [-0.4, -0.2) is 38.6 Å². The van der Waals surface area contributed by atoms with Crippen molar-refractivity contribution in [3.05, 3.63) is 99.9 Å². The first kappa shape index (κ1) is 24.7. The molecule has 6 nitrogen and oxygen atoms in total. The molecule has 1 aliphatic heterocycles. The van der Waals surface area contributed by atoms with Crippen molar-refractivity contribution in [2.45, 2.75) is 57.8 Å². The summed E-state index contributed by atoms with van der Waals surface area (Å²) in [5, 5.41) is 0.244. The molecule has 6 rings (SSSR count). The number of rotatable bonds is 7. The third-order valence-corrected chi connectivity index (χ3v) is 7.73. The number of aromatic nitrogens is 3. The third kappa shape index (κ3) is 5.05. The Bertz CT molecular complexity index is 1520. The molecule has 196 valence electrons. The molecule has 0 unspecified atom stereocenters. The van der Waals surface area contributed by atoms with E-state index in [0.29, 0.717) is 24.2 Å². The zero-order chi connectivity index (χ0) is 26.2. The zero-order valence-electron chi connectivity index (χ0n) is 21.5. The van der Waals surface area contributed by atoms with E-state index in [4.69, 9.17) is 0 Å². The van der Waals surface area contributed by atoms with Crippen molar-refractivity contribution in [3.8, 4) is 0 Å². The van der Waals surface area contributed by atoms with Crippen LogP contribution < -0.4 is 10.3 Å². The minimum absolute atomic E-state index is 0.201. The summed E-state index contributed by atoms with van der Waals surface area (Å²) in [5.74, 6) is -1.91. The maximum atomic E-state index is 14.2. The van der Waals surface area contributed by atoms with E-state index in [2.05, 4.69) is 31.9 Å². The van der Waals surface area contributed by atoms with E-state index in [-0.39, 0.29) is 22.9 Å². The van der Waals surface area contributed by atoms with Crippen LogP contribution in [0.5, 0.6) is 0 Å². The number of benzene rings is 1. The number of pyridine rings is 3. The second kappa shape index (κ2) is 10.3. The van der Waals surface area contributed by atoms with E-state index in [1.807, 2.05) is 42.2 Å². The normalized spacial score (nSPS) is 17.9. The molecule has 0 N–H and O–H groups in total. The Morgan fingerprint density at radius 2 is 1.89 bits per heavy atom. The average Bonchev–Trinajstić information content (AvgIpc) is 3.77. The Kier molecular flexibility index (Phi) is 6.66. The molecule has 4 aromatic rings. The van der Waals surface area contributed by atoms with Gasteiger partial charge in [-0.2, -0.15) is 0 Å². The van der Waals surface area contributed by atoms with Gasteiger partial charge >= 0.3 is 0 Å². The molecule has 8 heteroatoms. The standard InChI is InChI=1S/C30H31F2N5O/c1-20-12-21(8-10-34-20)16-36(25-5-3-11-35(19-25)24-4-2-9-33-15-24)17-22-18-37(23-6-7-23)29-14-28(32)27(31)13-26(29)30(22)38/h2,4,8-10,12-15,18,23,25H,3,5-7,11,16-17,19H2,1H3/t25-/m0/s1. The second-order valence-corrected chi connectivity index (χ2v) is 10.6. The number of fused-ring (bicyclic) bond motifs is 1. The Hall–Kier alpha value is -3.65. The zero-order valence-corrected chi connectivity index (χ0v) is 21.5. The molecule has 1 aromatic carbocycles. The van der Waals surface area contributed by atoms with Crippen LogP contribution in [-0.2, 0) is 13.1 Å². The fraction of sp³-hybridized carbons (Fsp3) is 0.367. The lowest BCUT2D eigenvalue weighted by molar-refractivity contribution is 0.158. The smallest absolute Gasteiger partial charge is 0.193 e. The highest BCUT2D eigenvalue weighted by atomic mass is 19.2. The van der Waals surface area contributed by atoms with Crippen LogP contribution in [0.1, 0.15) is 48.5 Å². The van der Waals surface area contributed by atoms with Crippen LogP contribution in [0.25, 0.3) is 10.9 Å². The molecule has 0 radical (unpaired) electrons. The van der Waals surface area contributed by atoms with E-state index < -0.39 is 11.6 Å². The largest absolute Gasteiger partial charge is 0.369 e. The fourth-order valence-corrected chi connectivity index (χ4v) is 5.67.